The molecule has 0 spiro atoms. The number of hydrogen-bond donors (Lipinski definition) is 0. The van der Waals surface area contributed by atoms with Gasteiger partial charge in [-0.2, -0.15) is 0 Å². The molecule has 2 aliphatic rings. The third-order valence-electron chi connectivity index (χ3n) is 4.42. The number of amides is 1. The van der Waals surface area contributed by atoms with Gasteiger partial charge in [0.05, 0.1) is 5.02 Å². The molecule has 0 atom stereocenters. The number of aromatic nitrogens is 1. The number of pyridine rings is 1. The van der Waals surface area contributed by atoms with Crippen molar-refractivity contribution in [3.8, 4) is 0 Å². The zero-order chi connectivity index (χ0) is 14.8. The van der Waals surface area contributed by atoms with E-state index in [2.05, 4.69) is 9.88 Å². The summed E-state index contributed by atoms with van der Waals surface area (Å²) in [5, 5.41) is 0.667. The van der Waals surface area contributed by atoms with Gasteiger partial charge in [0.25, 0.3) is 5.91 Å². The molecule has 114 valence electrons. The molecule has 0 N–H and O–H groups in total. The summed E-state index contributed by atoms with van der Waals surface area (Å²) in [4.78, 5) is 21.0. The maximum Gasteiger partial charge on any atom is 0.274 e. The topological polar surface area (TPSA) is 36.4 Å². The van der Waals surface area contributed by atoms with E-state index in [4.69, 9.17) is 23.2 Å². The number of nitrogens with zero attached hydrogens (tertiary/aromatic N) is 3. The van der Waals surface area contributed by atoms with Crippen molar-refractivity contribution in [3.05, 3.63) is 28.0 Å². The van der Waals surface area contributed by atoms with E-state index in [0.717, 1.165) is 25.9 Å². The number of hydrogen-bond acceptors (Lipinski definition) is 3. The molecule has 2 saturated heterocycles. The van der Waals surface area contributed by atoms with Crippen LogP contribution in [-0.2, 0) is 0 Å². The molecular weight excluding hydrogens is 309 g/mol. The smallest absolute Gasteiger partial charge is 0.274 e. The first-order valence-corrected chi connectivity index (χ1v) is 8.26. The predicted molar refractivity (Wildman–Crippen MR) is 84.0 cm³/mol. The van der Waals surface area contributed by atoms with E-state index in [-0.39, 0.29) is 11.6 Å². The Morgan fingerprint density at radius 2 is 1.76 bits per heavy atom. The van der Waals surface area contributed by atoms with Gasteiger partial charge in [-0.1, -0.05) is 23.2 Å². The number of carbonyl (C=O) groups excluding carboxylic acids is 1. The van der Waals surface area contributed by atoms with E-state index in [1.165, 1.54) is 25.9 Å². The summed E-state index contributed by atoms with van der Waals surface area (Å²) in [6.45, 7) is 3.95. The van der Waals surface area contributed by atoms with Crippen molar-refractivity contribution in [2.75, 3.05) is 26.2 Å². The molecule has 0 radical (unpaired) electrons. The van der Waals surface area contributed by atoms with Crippen LogP contribution in [0.3, 0.4) is 0 Å². The first kappa shape index (κ1) is 15.1. The Balaban J connectivity index is 1.63. The summed E-state index contributed by atoms with van der Waals surface area (Å²) in [6, 6.07) is 3.85. The molecule has 2 fully saturated rings. The summed E-state index contributed by atoms with van der Waals surface area (Å²) in [7, 11) is 0. The Morgan fingerprint density at radius 1 is 1.10 bits per heavy atom. The van der Waals surface area contributed by atoms with Crippen LogP contribution >= 0.6 is 23.2 Å². The third kappa shape index (κ3) is 3.33. The molecule has 0 aliphatic carbocycles. The Morgan fingerprint density at radius 3 is 2.43 bits per heavy atom. The van der Waals surface area contributed by atoms with Gasteiger partial charge < -0.3 is 9.80 Å². The Hall–Kier alpha value is -0.840. The molecule has 21 heavy (non-hydrogen) atoms. The van der Waals surface area contributed by atoms with Crippen LogP contribution in [0.1, 0.15) is 36.2 Å². The minimum atomic E-state index is -0.109. The average molecular weight is 328 g/mol. The fraction of sp³-hybridized carbons (Fsp3) is 0.600. The Kier molecular flexibility index (Phi) is 4.67. The van der Waals surface area contributed by atoms with Crippen molar-refractivity contribution in [1.29, 1.82) is 0 Å². The number of carbonyl (C=O) groups is 1. The zero-order valence-electron chi connectivity index (χ0n) is 11.9. The molecule has 3 heterocycles. The van der Waals surface area contributed by atoms with Crippen molar-refractivity contribution in [1.82, 2.24) is 14.8 Å². The van der Waals surface area contributed by atoms with Gasteiger partial charge in [-0.25, -0.2) is 4.98 Å². The molecule has 1 aromatic heterocycles. The summed E-state index contributed by atoms with van der Waals surface area (Å²) in [5.41, 5.74) is 0.267. The molecule has 4 nitrogen and oxygen atoms in total. The summed E-state index contributed by atoms with van der Waals surface area (Å²) in [6.07, 6.45) is 4.68. The van der Waals surface area contributed by atoms with Crippen LogP contribution in [-0.4, -0.2) is 52.9 Å². The van der Waals surface area contributed by atoms with Gasteiger partial charge in [-0.15, -0.1) is 0 Å². The summed E-state index contributed by atoms with van der Waals surface area (Å²) >= 11 is 11.9. The second-order valence-electron chi connectivity index (χ2n) is 5.73. The largest absolute Gasteiger partial charge is 0.337 e. The van der Waals surface area contributed by atoms with Gasteiger partial charge in [0.15, 0.2) is 0 Å². The van der Waals surface area contributed by atoms with Crippen molar-refractivity contribution >= 4 is 29.1 Å². The lowest BCUT2D eigenvalue weighted by molar-refractivity contribution is 0.0639. The van der Waals surface area contributed by atoms with Gasteiger partial charge in [-0.05, 0) is 50.9 Å². The van der Waals surface area contributed by atoms with Crippen LogP contribution in [0.25, 0.3) is 0 Å². The molecular formula is C15H19Cl2N3O. The molecule has 1 amide bonds. The molecule has 0 bridgehead atoms. The average Bonchev–Trinajstić information content (AvgIpc) is 3.03. The normalized spacial score (nSPS) is 21.0. The summed E-state index contributed by atoms with van der Waals surface area (Å²) < 4.78 is 0. The Bertz CT molecular complexity index is 524. The van der Waals surface area contributed by atoms with Gasteiger partial charge in [-0.3, -0.25) is 4.79 Å². The first-order chi connectivity index (χ1) is 10.1. The number of piperidine rings is 1. The fourth-order valence-electron chi connectivity index (χ4n) is 3.26. The molecule has 0 unspecified atom stereocenters. The molecule has 0 aromatic carbocycles. The Labute approximate surface area is 135 Å². The fourth-order valence-corrected chi connectivity index (χ4v) is 3.59. The van der Waals surface area contributed by atoms with E-state index in [0.29, 0.717) is 16.2 Å². The zero-order valence-corrected chi connectivity index (χ0v) is 13.4. The highest BCUT2D eigenvalue weighted by atomic mass is 35.5. The monoisotopic (exact) mass is 327 g/mol. The van der Waals surface area contributed by atoms with Gasteiger partial charge >= 0.3 is 0 Å². The first-order valence-electron chi connectivity index (χ1n) is 7.50. The maximum atomic E-state index is 12.5. The van der Waals surface area contributed by atoms with Gasteiger partial charge in [0.2, 0.25) is 0 Å². The lowest BCUT2D eigenvalue weighted by Gasteiger charge is -2.36. The minimum Gasteiger partial charge on any atom is -0.337 e. The minimum absolute atomic E-state index is 0.109. The van der Waals surface area contributed by atoms with E-state index in [1.54, 1.807) is 12.1 Å². The highest BCUT2D eigenvalue weighted by molar-refractivity contribution is 6.34. The van der Waals surface area contributed by atoms with Crippen LogP contribution in [0.2, 0.25) is 10.2 Å². The highest BCUT2D eigenvalue weighted by Gasteiger charge is 2.29. The van der Waals surface area contributed by atoms with Crippen molar-refractivity contribution in [2.24, 2.45) is 0 Å². The van der Waals surface area contributed by atoms with E-state index in [1.807, 2.05) is 4.90 Å². The maximum absolute atomic E-state index is 12.5. The second-order valence-corrected chi connectivity index (χ2v) is 6.53. The second kappa shape index (κ2) is 6.51. The van der Waals surface area contributed by atoms with E-state index < -0.39 is 0 Å². The SMILES string of the molecule is O=C(c1nc(Cl)ccc1Cl)N1CCC(N2CCCC2)CC1. The molecule has 1 aromatic rings. The highest BCUT2D eigenvalue weighted by Crippen LogP contribution is 2.24. The number of halogens is 2. The lowest BCUT2D eigenvalue weighted by atomic mass is 10.0. The van der Waals surface area contributed by atoms with Crippen molar-refractivity contribution in [2.45, 2.75) is 31.7 Å². The molecule has 0 saturated carbocycles. The van der Waals surface area contributed by atoms with Crippen molar-refractivity contribution in [3.63, 3.8) is 0 Å². The quantitative estimate of drug-likeness (QED) is 0.783. The molecule has 6 heteroatoms. The van der Waals surface area contributed by atoms with E-state index in [9.17, 15) is 4.79 Å². The van der Waals surface area contributed by atoms with Crippen molar-refractivity contribution < 1.29 is 4.79 Å². The van der Waals surface area contributed by atoms with Crippen LogP contribution in [0, 0.1) is 0 Å². The third-order valence-corrected chi connectivity index (χ3v) is 4.94. The molecule has 3 rings (SSSR count). The van der Waals surface area contributed by atoms with E-state index >= 15 is 0 Å². The van der Waals surface area contributed by atoms with Gasteiger partial charge in [0.1, 0.15) is 10.8 Å². The molecule has 2 aliphatic heterocycles. The number of rotatable bonds is 2. The predicted octanol–water partition coefficient (Wildman–Crippen LogP) is 3.09. The van der Waals surface area contributed by atoms with Crippen LogP contribution in [0.5, 0.6) is 0 Å². The van der Waals surface area contributed by atoms with Crippen LogP contribution < -0.4 is 0 Å². The van der Waals surface area contributed by atoms with Gasteiger partial charge in [0, 0.05) is 19.1 Å². The van der Waals surface area contributed by atoms with Crippen LogP contribution in [0.4, 0.5) is 0 Å². The number of likely N-dealkylation sites (tertiary alicyclic amines) is 2. The standard InChI is InChI=1S/C15H19Cl2N3O/c16-12-3-4-13(17)18-14(12)15(21)20-9-5-11(6-10-20)19-7-1-2-8-19/h3-4,11H,1-2,5-10H2. The summed E-state index contributed by atoms with van der Waals surface area (Å²) in [5.74, 6) is -0.109. The lowest BCUT2D eigenvalue weighted by Crippen LogP contribution is -2.46. The van der Waals surface area contributed by atoms with Crippen LogP contribution in [0.15, 0.2) is 12.1 Å².